The quantitative estimate of drug-likeness (QED) is 0.778. The summed E-state index contributed by atoms with van der Waals surface area (Å²) < 4.78 is 24.9. The van der Waals surface area contributed by atoms with Crippen molar-refractivity contribution in [2.45, 2.75) is 13.5 Å². The molecule has 6 heteroatoms. The molecule has 1 fully saturated rings. The van der Waals surface area contributed by atoms with Gasteiger partial charge in [-0.15, -0.1) is 11.6 Å². The number of nitrogens with zero attached hydrogens (tertiary/aromatic N) is 1. The molecule has 0 radical (unpaired) electrons. The van der Waals surface area contributed by atoms with E-state index in [1.165, 1.54) is 6.07 Å². The van der Waals surface area contributed by atoms with Gasteiger partial charge >= 0.3 is 0 Å². The fraction of sp³-hybridized carbons (Fsp3) is 0.562. The molecule has 0 unspecified atom stereocenters. The third-order valence-electron chi connectivity index (χ3n) is 3.59. The van der Waals surface area contributed by atoms with E-state index in [-0.39, 0.29) is 30.1 Å². The second-order valence-electron chi connectivity index (χ2n) is 5.52. The number of hydrogen-bond acceptors (Lipinski definition) is 3. The fourth-order valence-electron chi connectivity index (χ4n) is 2.41. The molecule has 0 aliphatic carbocycles. The van der Waals surface area contributed by atoms with E-state index in [0.717, 1.165) is 5.56 Å². The summed E-state index contributed by atoms with van der Waals surface area (Å²) in [6.45, 7) is 4.66. The first-order valence-electron chi connectivity index (χ1n) is 7.34. The lowest BCUT2D eigenvalue weighted by Crippen LogP contribution is -2.38. The van der Waals surface area contributed by atoms with Crippen LogP contribution in [0.15, 0.2) is 18.2 Å². The van der Waals surface area contributed by atoms with Crippen molar-refractivity contribution in [2.24, 2.45) is 5.92 Å². The van der Waals surface area contributed by atoms with Crippen LogP contribution in [0.1, 0.15) is 11.1 Å². The van der Waals surface area contributed by atoms with Gasteiger partial charge in [-0.05, 0) is 18.6 Å². The van der Waals surface area contributed by atoms with Crippen LogP contribution in [0.2, 0.25) is 0 Å². The minimum absolute atomic E-state index is 0.0724. The maximum atomic E-state index is 14.0. The summed E-state index contributed by atoms with van der Waals surface area (Å²) in [6.07, 6.45) is 0. The standard InChI is InChI=1S/C16H21ClFNO3/c1-12-2-3-14(15(18)6-12)9-19(16(20)7-17)8-13-10-21-4-5-22-11-13/h2-3,6,13H,4-5,7-11H2,1H3. The first-order valence-corrected chi connectivity index (χ1v) is 7.88. The van der Waals surface area contributed by atoms with E-state index in [1.54, 1.807) is 11.0 Å². The van der Waals surface area contributed by atoms with Crippen molar-refractivity contribution in [3.8, 4) is 0 Å². The number of carbonyl (C=O) groups excluding carboxylic acids is 1. The molecule has 122 valence electrons. The number of rotatable bonds is 5. The van der Waals surface area contributed by atoms with Crippen molar-refractivity contribution in [2.75, 3.05) is 38.9 Å². The molecule has 0 atom stereocenters. The number of ether oxygens (including phenoxy) is 2. The lowest BCUT2D eigenvalue weighted by Gasteiger charge is -2.26. The maximum Gasteiger partial charge on any atom is 0.237 e. The van der Waals surface area contributed by atoms with Gasteiger partial charge < -0.3 is 14.4 Å². The Morgan fingerprint density at radius 2 is 2.05 bits per heavy atom. The van der Waals surface area contributed by atoms with Gasteiger partial charge in [-0.2, -0.15) is 0 Å². The zero-order valence-corrected chi connectivity index (χ0v) is 13.4. The monoisotopic (exact) mass is 329 g/mol. The smallest absolute Gasteiger partial charge is 0.237 e. The van der Waals surface area contributed by atoms with Gasteiger partial charge in [0.25, 0.3) is 0 Å². The molecular formula is C16H21ClFNO3. The van der Waals surface area contributed by atoms with Gasteiger partial charge in [0.1, 0.15) is 11.7 Å². The molecule has 1 aliphatic heterocycles. The highest BCUT2D eigenvalue weighted by Crippen LogP contribution is 2.15. The summed E-state index contributed by atoms with van der Waals surface area (Å²) in [6, 6.07) is 5.01. The van der Waals surface area contributed by atoms with Crippen LogP contribution in [0.25, 0.3) is 0 Å². The normalized spacial score (nSPS) is 16.3. The zero-order valence-electron chi connectivity index (χ0n) is 12.7. The first-order chi connectivity index (χ1) is 10.6. The Hall–Kier alpha value is -1.17. The van der Waals surface area contributed by atoms with Crippen LogP contribution in [0.3, 0.4) is 0 Å². The summed E-state index contributed by atoms with van der Waals surface area (Å²) in [5, 5.41) is 0. The Morgan fingerprint density at radius 3 is 2.64 bits per heavy atom. The van der Waals surface area contributed by atoms with Crippen LogP contribution in [0.5, 0.6) is 0 Å². The SMILES string of the molecule is Cc1ccc(CN(CC2COCCOC2)C(=O)CCl)c(F)c1. The van der Waals surface area contributed by atoms with Gasteiger partial charge in [-0.3, -0.25) is 4.79 Å². The van der Waals surface area contributed by atoms with Crippen LogP contribution < -0.4 is 0 Å². The van der Waals surface area contributed by atoms with Crippen molar-refractivity contribution in [3.05, 3.63) is 35.1 Å². The van der Waals surface area contributed by atoms with E-state index in [1.807, 2.05) is 13.0 Å². The number of carbonyl (C=O) groups is 1. The lowest BCUT2D eigenvalue weighted by atomic mass is 10.1. The largest absolute Gasteiger partial charge is 0.379 e. The summed E-state index contributed by atoms with van der Waals surface area (Å²) in [4.78, 5) is 13.6. The molecule has 0 N–H and O–H groups in total. The van der Waals surface area contributed by atoms with Gasteiger partial charge in [-0.1, -0.05) is 12.1 Å². The van der Waals surface area contributed by atoms with Crippen LogP contribution in [-0.4, -0.2) is 49.7 Å². The van der Waals surface area contributed by atoms with Gasteiger partial charge in [0.05, 0.1) is 26.4 Å². The molecule has 1 heterocycles. The summed E-state index contributed by atoms with van der Waals surface area (Å²) >= 11 is 5.68. The second kappa shape index (κ2) is 8.46. The number of benzene rings is 1. The Bertz CT molecular complexity index is 504. The number of hydrogen-bond donors (Lipinski definition) is 0. The zero-order chi connectivity index (χ0) is 15.9. The van der Waals surface area contributed by atoms with E-state index >= 15 is 0 Å². The predicted molar refractivity (Wildman–Crippen MR) is 82.4 cm³/mol. The second-order valence-corrected chi connectivity index (χ2v) is 5.79. The highest BCUT2D eigenvalue weighted by molar-refractivity contribution is 6.27. The average molecular weight is 330 g/mol. The molecule has 0 aromatic heterocycles. The van der Waals surface area contributed by atoms with Gasteiger partial charge in [0.2, 0.25) is 5.91 Å². The molecule has 0 spiro atoms. The fourth-order valence-corrected chi connectivity index (χ4v) is 2.58. The molecule has 4 nitrogen and oxygen atoms in total. The Kier molecular flexibility index (Phi) is 6.61. The molecule has 1 saturated heterocycles. The summed E-state index contributed by atoms with van der Waals surface area (Å²) in [7, 11) is 0. The van der Waals surface area contributed by atoms with Gasteiger partial charge in [0.15, 0.2) is 0 Å². The van der Waals surface area contributed by atoms with E-state index in [9.17, 15) is 9.18 Å². The van der Waals surface area contributed by atoms with Crippen LogP contribution in [0.4, 0.5) is 4.39 Å². The van der Waals surface area contributed by atoms with E-state index in [0.29, 0.717) is 38.5 Å². The summed E-state index contributed by atoms with van der Waals surface area (Å²) in [5.74, 6) is -0.572. The van der Waals surface area contributed by atoms with Crippen molar-refractivity contribution >= 4 is 17.5 Å². The van der Waals surface area contributed by atoms with Crippen molar-refractivity contribution in [1.29, 1.82) is 0 Å². The van der Waals surface area contributed by atoms with Crippen molar-refractivity contribution < 1.29 is 18.7 Å². The number of amides is 1. The van der Waals surface area contributed by atoms with Crippen molar-refractivity contribution in [3.63, 3.8) is 0 Å². The molecular weight excluding hydrogens is 309 g/mol. The molecule has 1 aromatic rings. The third kappa shape index (κ3) is 4.93. The maximum absolute atomic E-state index is 14.0. The predicted octanol–water partition coefficient (Wildman–Crippen LogP) is 2.36. The van der Waals surface area contributed by atoms with Crippen LogP contribution >= 0.6 is 11.6 Å². The van der Waals surface area contributed by atoms with Crippen LogP contribution in [0, 0.1) is 18.7 Å². The highest BCUT2D eigenvalue weighted by atomic mass is 35.5. The molecule has 0 saturated carbocycles. The van der Waals surface area contributed by atoms with Crippen LogP contribution in [-0.2, 0) is 20.8 Å². The summed E-state index contributed by atoms with van der Waals surface area (Å²) in [5.41, 5.74) is 1.33. The topological polar surface area (TPSA) is 38.8 Å². The first kappa shape index (κ1) is 17.2. The molecule has 2 rings (SSSR count). The van der Waals surface area contributed by atoms with E-state index < -0.39 is 0 Å². The molecule has 0 bridgehead atoms. The highest BCUT2D eigenvalue weighted by Gasteiger charge is 2.21. The Morgan fingerprint density at radius 1 is 1.36 bits per heavy atom. The third-order valence-corrected chi connectivity index (χ3v) is 3.82. The molecule has 22 heavy (non-hydrogen) atoms. The number of alkyl halides is 1. The molecule has 1 aliphatic rings. The number of aryl methyl sites for hydroxylation is 1. The molecule has 1 aromatic carbocycles. The molecule has 1 amide bonds. The Labute approximate surface area is 135 Å². The lowest BCUT2D eigenvalue weighted by molar-refractivity contribution is -0.130. The minimum atomic E-state index is -0.305. The van der Waals surface area contributed by atoms with E-state index in [2.05, 4.69) is 0 Å². The van der Waals surface area contributed by atoms with Crippen molar-refractivity contribution in [1.82, 2.24) is 4.90 Å². The minimum Gasteiger partial charge on any atom is -0.379 e. The average Bonchev–Trinajstić information content (AvgIpc) is 2.77. The van der Waals surface area contributed by atoms with Gasteiger partial charge in [-0.25, -0.2) is 4.39 Å². The van der Waals surface area contributed by atoms with E-state index in [4.69, 9.17) is 21.1 Å². The van der Waals surface area contributed by atoms with Gasteiger partial charge in [0, 0.05) is 24.6 Å². The number of halogens is 2. The Balaban J connectivity index is 2.06.